The molecule has 132 valence electrons. The van der Waals surface area contributed by atoms with Crippen LogP contribution in [0.5, 0.6) is 0 Å². The highest BCUT2D eigenvalue weighted by Gasteiger charge is 2.21. The largest absolute Gasteiger partial charge is 0.227 e. The van der Waals surface area contributed by atoms with Gasteiger partial charge in [-0.25, -0.2) is 15.0 Å². The van der Waals surface area contributed by atoms with Gasteiger partial charge in [-0.1, -0.05) is 83.9 Å². The van der Waals surface area contributed by atoms with Crippen LogP contribution in [0.1, 0.15) is 16.7 Å². The van der Waals surface area contributed by atoms with Gasteiger partial charge in [0.25, 0.3) is 0 Å². The van der Waals surface area contributed by atoms with Gasteiger partial charge >= 0.3 is 0 Å². The van der Waals surface area contributed by atoms with Gasteiger partial charge in [-0.3, -0.25) is 0 Å². The van der Waals surface area contributed by atoms with Crippen molar-refractivity contribution in [3.8, 4) is 0 Å². The van der Waals surface area contributed by atoms with Crippen molar-refractivity contribution in [1.82, 2.24) is 0 Å². The normalized spacial score (nSPS) is 15.0. The van der Waals surface area contributed by atoms with E-state index < -0.39 is 0 Å². The Morgan fingerprint density at radius 2 is 1.30 bits per heavy atom. The van der Waals surface area contributed by atoms with Gasteiger partial charge in [0.15, 0.2) is 11.7 Å². The van der Waals surface area contributed by atoms with Gasteiger partial charge in [0.1, 0.15) is 5.71 Å². The lowest BCUT2D eigenvalue weighted by molar-refractivity contribution is 1.42. The zero-order valence-corrected chi connectivity index (χ0v) is 16.0. The highest BCUT2D eigenvalue weighted by Crippen LogP contribution is 2.30. The molecule has 0 atom stereocenters. The Bertz CT molecular complexity index is 1060. The van der Waals surface area contributed by atoms with E-state index in [2.05, 4.69) is 9.98 Å². The summed E-state index contributed by atoms with van der Waals surface area (Å²) >= 11 is 12.5. The van der Waals surface area contributed by atoms with E-state index in [1.54, 1.807) is 12.1 Å². The fraction of sp³-hybridized carbons (Fsp3) is 0.0455. The average molecular weight is 392 g/mol. The summed E-state index contributed by atoms with van der Waals surface area (Å²) in [4.78, 5) is 14.1. The molecule has 0 saturated heterocycles. The number of halogens is 2. The Morgan fingerprint density at radius 1 is 0.741 bits per heavy atom. The minimum absolute atomic E-state index is 0.538. The van der Waals surface area contributed by atoms with Crippen LogP contribution in [-0.4, -0.2) is 17.4 Å². The molecule has 0 fully saturated rings. The Balaban J connectivity index is 1.83. The van der Waals surface area contributed by atoms with Gasteiger partial charge < -0.3 is 0 Å². The van der Waals surface area contributed by atoms with Crippen molar-refractivity contribution in [3.63, 3.8) is 0 Å². The third kappa shape index (κ3) is 3.70. The van der Waals surface area contributed by atoms with Gasteiger partial charge in [-0.2, -0.15) is 0 Å². The van der Waals surface area contributed by atoms with E-state index in [4.69, 9.17) is 28.2 Å². The van der Waals surface area contributed by atoms with Crippen LogP contribution in [0, 0.1) is 6.92 Å². The maximum Gasteiger partial charge on any atom is 0.181 e. The number of nitrogens with zero attached hydrogens (tertiary/aromatic N) is 3. The van der Waals surface area contributed by atoms with E-state index in [0.717, 1.165) is 22.4 Å². The van der Waals surface area contributed by atoms with Crippen molar-refractivity contribution in [1.29, 1.82) is 0 Å². The van der Waals surface area contributed by atoms with E-state index in [1.807, 2.05) is 67.6 Å². The van der Waals surface area contributed by atoms with Crippen molar-refractivity contribution >= 4 is 46.3 Å². The van der Waals surface area contributed by atoms with Crippen LogP contribution in [0.15, 0.2) is 87.8 Å². The first-order chi connectivity index (χ1) is 13.1. The summed E-state index contributed by atoms with van der Waals surface area (Å²) in [6.45, 7) is 1.87. The number of rotatable bonds is 3. The van der Waals surface area contributed by atoms with Gasteiger partial charge in [0, 0.05) is 21.2 Å². The molecule has 1 aliphatic heterocycles. The SMILES string of the molecule is Cc1c(Cl)cc(N=C2N=C(c3ccccc3)N=C2c2ccccc2)cc1Cl. The standard InChI is InChI=1S/C22H15Cl2N3/c1-14-18(23)12-17(13-19(14)24)25-22-20(15-8-4-2-5-9-15)26-21(27-22)16-10-6-3-7-11-16/h2-13H,1H3. The van der Waals surface area contributed by atoms with Crippen molar-refractivity contribution in [2.75, 3.05) is 0 Å². The zero-order chi connectivity index (χ0) is 18.8. The van der Waals surface area contributed by atoms with Gasteiger partial charge in [0.2, 0.25) is 0 Å². The monoisotopic (exact) mass is 391 g/mol. The van der Waals surface area contributed by atoms with E-state index in [0.29, 0.717) is 27.4 Å². The van der Waals surface area contributed by atoms with Crippen molar-refractivity contribution in [2.45, 2.75) is 6.92 Å². The van der Waals surface area contributed by atoms with Crippen molar-refractivity contribution in [2.24, 2.45) is 15.0 Å². The molecule has 0 saturated carbocycles. The highest BCUT2D eigenvalue weighted by molar-refractivity contribution is 6.54. The highest BCUT2D eigenvalue weighted by atomic mass is 35.5. The van der Waals surface area contributed by atoms with Gasteiger partial charge in [-0.15, -0.1) is 0 Å². The summed E-state index contributed by atoms with van der Waals surface area (Å²) < 4.78 is 0. The first-order valence-corrected chi connectivity index (χ1v) is 9.20. The van der Waals surface area contributed by atoms with E-state index >= 15 is 0 Å². The van der Waals surface area contributed by atoms with Crippen LogP contribution >= 0.6 is 23.2 Å². The molecule has 0 radical (unpaired) electrons. The second-order valence-corrected chi connectivity index (χ2v) is 6.91. The molecule has 3 aromatic rings. The van der Waals surface area contributed by atoms with Gasteiger partial charge in [0.05, 0.1) is 5.69 Å². The fourth-order valence-corrected chi connectivity index (χ4v) is 3.21. The molecule has 0 unspecified atom stereocenters. The van der Waals surface area contributed by atoms with Crippen LogP contribution < -0.4 is 0 Å². The molecule has 1 aliphatic rings. The lowest BCUT2D eigenvalue weighted by atomic mass is 10.1. The minimum atomic E-state index is 0.538. The summed E-state index contributed by atoms with van der Waals surface area (Å²) in [5, 5.41) is 1.15. The molecule has 1 heterocycles. The molecule has 0 aromatic heterocycles. The predicted molar refractivity (Wildman–Crippen MR) is 114 cm³/mol. The molecule has 0 N–H and O–H groups in total. The Hall–Kier alpha value is -2.75. The molecule has 27 heavy (non-hydrogen) atoms. The number of amidine groups is 2. The predicted octanol–water partition coefficient (Wildman–Crippen LogP) is 6.28. The van der Waals surface area contributed by atoms with E-state index in [9.17, 15) is 0 Å². The number of aliphatic imine (C=N–C) groups is 3. The average Bonchev–Trinajstić information content (AvgIpc) is 3.11. The fourth-order valence-electron chi connectivity index (χ4n) is 2.74. The topological polar surface area (TPSA) is 37.1 Å². The van der Waals surface area contributed by atoms with Crippen molar-refractivity contribution in [3.05, 3.63) is 99.5 Å². The quantitative estimate of drug-likeness (QED) is 0.503. The molecule has 0 aliphatic carbocycles. The lowest BCUT2D eigenvalue weighted by Gasteiger charge is -2.05. The summed E-state index contributed by atoms with van der Waals surface area (Å²) in [6, 6.07) is 23.3. The Labute approximate surface area is 167 Å². The van der Waals surface area contributed by atoms with E-state index in [-0.39, 0.29) is 0 Å². The second kappa shape index (κ2) is 7.47. The molecule has 5 heteroatoms. The number of hydrogen-bond acceptors (Lipinski definition) is 2. The second-order valence-electron chi connectivity index (χ2n) is 6.10. The maximum absolute atomic E-state index is 6.26. The molecular weight excluding hydrogens is 377 g/mol. The molecule has 3 aromatic carbocycles. The Kier molecular flexibility index (Phi) is 4.88. The number of benzene rings is 3. The van der Waals surface area contributed by atoms with Gasteiger partial charge in [-0.05, 0) is 24.6 Å². The van der Waals surface area contributed by atoms with Crippen LogP contribution in [0.2, 0.25) is 10.0 Å². The van der Waals surface area contributed by atoms with Crippen LogP contribution in [0.3, 0.4) is 0 Å². The molecule has 0 amide bonds. The van der Waals surface area contributed by atoms with E-state index in [1.165, 1.54) is 0 Å². The third-order valence-electron chi connectivity index (χ3n) is 4.22. The smallest absolute Gasteiger partial charge is 0.181 e. The molecular formula is C22H15Cl2N3. The summed E-state index contributed by atoms with van der Waals surface area (Å²) in [5.74, 6) is 1.17. The molecule has 0 spiro atoms. The van der Waals surface area contributed by atoms with Crippen LogP contribution in [-0.2, 0) is 0 Å². The Morgan fingerprint density at radius 3 is 1.89 bits per heavy atom. The maximum atomic E-state index is 6.26. The third-order valence-corrected chi connectivity index (χ3v) is 5.01. The minimum Gasteiger partial charge on any atom is -0.227 e. The summed E-state index contributed by atoms with van der Waals surface area (Å²) in [7, 11) is 0. The molecule has 3 nitrogen and oxygen atoms in total. The van der Waals surface area contributed by atoms with Crippen LogP contribution in [0.25, 0.3) is 0 Å². The van der Waals surface area contributed by atoms with Crippen molar-refractivity contribution < 1.29 is 0 Å². The summed E-state index contributed by atoms with van der Waals surface area (Å²) in [6.07, 6.45) is 0. The zero-order valence-electron chi connectivity index (χ0n) is 14.5. The first kappa shape index (κ1) is 17.7. The first-order valence-electron chi connectivity index (χ1n) is 8.45. The summed E-state index contributed by atoms with van der Waals surface area (Å²) in [5.41, 5.74) is 4.10. The lowest BCUT2D eigenvalue weighted by Crippen LogP contribution is -2.09. The van der Waals surface area contributed by atoms with Crippen LogP contribution in [0.4, 0.5) is 5.69 Å². The molecule has 4 rings (SSSR count). The molecule has 0 bridgehead atoms. The number of hydrogen-bond donors (Lipinski definition) is 0.